The lowest BCUT2D eigenvalue weighted by molar-refractivity contribution is 0.0215. The van der Waals surface area contributed by atoms with Crippen LogP contribution in [-0.4, -0.2) is 22.4 Å². The summed E-state index contributed by atoms with van der Waals surface area (Å²) in [6.45, 7) is 5.64. The van der Waals surface area contributed by atoms with Gasteiger partial charge in [-0.1, -0.05) is 19.1 Å². The van der Waals surface area contributed by atoms with Crippen molar-refractivity contribution in [2.75, 3.05) is 0 Å². The highest BCUT2D eigenvalue weighted by atomic mass is 16.3. The summed E-state index contributed by atoms with van der Waals surface area (Å²) < 4.78 is 0. The van der Waals surface area contributed by atoms with Crippen LogP contribution in [0, 0.1) is 5.92 Å². The van der Waals surface area contributed by atoms with E-state index in [1.807, 2.05) is 26.0 Å². The topological polar surface area (TPSA) is 40.5 Å². The second-order valence-corrected chi connectivity index (χ2v) is 3.18. The molecule has 0 rings (SSSR count). The smallest absolute Gasteiger partial charge is 0.0627 e. The van der Waals surface area contributed by atoms with Crippen molar-refractivity contribution in [3.63, 3.8) is 0 Å². The highest BCUT2D eigenvalue weighted by molar-refractivity contribution is 4.84. The fourth-order valence-corrected chi connectivity index (χ4v) is 1.38. The van der Waals surface area contributed by atoms with Gasteiger partial charge in [0.05, 0.1) is 12.2 Å². The van der Waals surface area contributed by atoms with E-state index in [2.05, 4.69) is 0 Å². The van der Waals surface area contributed by atoms with Gasteiger partial charge < -0.3 is 10.2 Å². The lowest BCUT2D eigenvalue weighted by atomic mass is 9.92. The summed E-state index contributed by atoms with van der Waals surface area (Å²) in [4.78, 5) is 0. The number of hydrogen-bond acceptors (Lipinski definition) is 2. The van der Waals surface area contributed by atoms with Crippen LogP contribution in [0.3, 0.4) is 0 Å². The zero-order valence-electron chi connectivity index (χ0n) is 8.20. The predicted molar refractivity (Wildman–Crippen MR) is 50.9 cm³/mol. The molecule has 0 saturated heterocycles. The summed E-state index contributed by atoms with van der Waals surface area (Å²) in [7, 11) is 0. The maximum Gasteiger partial charge on any atom is 0.0627 e. The predicted octanol–water partition coefficient (Wildman–Crippen LogP) is 1.72. The number of hydrogen-bond donors (Lipinski definition) is 2. The Bertz CT molecular complexity index is 130. The minimum absolute atomic E-state index is 0.00111. The number of allylic oxidation sites excluding steroid dienone is 1. The standard InChI is InChI=1S/C10H20O2/c1-4-6-7-10(12)9(5-2)8(3)11/h4,6,8-12H,5,7H2,1-3H3. The van der Waals surface area contributed by atoms with Crippen molar-refractivity contribution in [1.82, 2.24) is 0 Å². The SMILES string of the molecule is CC=CCC(O)C(CC)C(C)O. The lowest BCUT2D eigenvalue weighted by Crippen LogP contribution is -2.28. The first-order chi connectivity index (χ1) is 5.63. The molecule has 0 saturated carbocycles. The van der Waals surface area contributed by atoms with Crippen LogP contribution in [0.25, 0.3) is 0 Å². The molecule has 0 aliphatic heterocycles. The van der Waals surface area contributed by atoms with Crippen molar-refractivity contribution >= 4 is 0 Å². The molecule has 3 unspecified atom stereocenters. The molecule has 3 atom stereocenters. The third-order valence-electron chi connectivity index (χ3n) is 2.20. The Morgan fingerprint density at radius 1 is 1.33 bits per heavy atom. The van der Waals surface area contributed by atoms with Gasteiger partial charge in [0.2, 0.25) is 0 Å². The zero-order valence-corrected chi connectivity index (χ0v) is 8.20. The van der Waals surface area contributed by atoms with Gasteiger partial charge in [0.25, 0.3) is 0 Å². The molecular formula is C10H20O2. The molecule has 2 nitrogen and oxygen atoms in total. The van der Waals surface area contributed by atoms with Crippen molar-refractivity contribution in [2.45, 2.75) is 45.8 Å². The van der Waals surface area contributed by atoms with E-state index >= 15 is 0 Å². The van der Waals surface area contributed by atoms with Crippen LogP contribution in [0.4, 0.5) is 0 Å². The van der Waals surface area contributed by atoms with Gasteiger partial charge in [0.15, 0.2) is 0 Å². The normalized spacial score (nSPS) is 19.4. The van der Waals surface area contributed by atoms with Crippen molar-refractivity contribution in [2.24, 2.45) is 5.92 Å². The summed E-state index contributed by atoms with van der Waals surface area (Å²) in [6, 6.07) is 0. The number of rotatable bonds is 5. The van der Waals surface area contributed by atoms with E-state index < -0.39 is 12.2 Å². The zero-order chi connectivity index (χ0) is 9.56. The molecule has 0 spiro atoms. The van der Waals surface area contributed by atoms with E-state index in [1.165, 1.54) is 0 Å². The van der Waals surface area contributed by atoms with Gasteiger partial charge in [-0.05, 0) is 26.7 Å². The average Bonchev–Trinajstić information content (AvgIpc) is 2.01. The summed E-state index contributed by atoms with van der Waals surface area (Å²) >= 11 is 0. The molecule has 2 heteroatoms. The Labute approximate surface area is 74.9 Å². The van der Waals surface area contributed by atoms with Gasteiger partial charge in [-0.25, -0.2) is 0 Å². The van der Waals surface area contributed by atoms with Gasteiger partial charge in [-0.15, -0.1) is 0 Å². The first-order valence-corrected chi connectivity index (χ1v) is 4.60. The molecule has 0 radical (unpaired) electrons. The summed E-state index contributed by atoms with van der Waals surface area (Å²) in [5.74, 6) is 0.00111. The van der Waals surface area contributed by atoms with E-state index in [9.17, 15) is 10.2 Å². The van der Waals surface area contributed by atoms with Crippen LogP contribution < -0.4 is 0 Å². The second kappa shape index (κ2) is 6.21. The Kier molecular flexibility index (Phi) is 6.03. The van der Waals surface area contributed by atoms with Gasteiger partial charge in [-0.2, -0.15) is 0 Å². The molecule has 0 fully saturated rings. The van der Waals surface area contributed by atoms with E-state index in [1.54, 1.807) is 6.92 Å². The molecule has 0 aliphatic carbocycles. The first-order valence-electron chi connectivity index (χ1n) is 4.60. The van der Waals surface area contributed by atoms with Crippen molar-refractivity contribution in [1.29, 1.82) is 0 Å². The molecule has 0 aromatic rings. The third kappa shape index (κ3) is 3.88. The quantitative estimate of drug-likeness (QED) is 0.620. The molecule has 0 heterocycles. The largest absolute Gasteiger partial charge is 0.393 e. The van der Waals surface area contributed by atoms with Crippen molar-refractivity contribution < 1.29 is 10.2 Å². The molecule has 0 amide bonds. The Hall–Kier alpha value is -0.340. The van der Waals surface area contributed by atoms with Crippen LogP contribution in [0.5, 0.6) is 0 Å². The van der Waals surface area contributed by atoms with Crippen LogP contribution in [0.2, 0.25) is 0 Å². The van der Waals surface area contributed by atoms with Crippen molar-refractivity contribution in [3.05, 3.63) is 12.2 Å². The maximum absolute atomic E-state index is 9.60. The highest BCUT2D eigenvalue weighted by Gasteiger charge is 2.20. The van der Waals surface area contributed by atoms with E-state index in [-0.39, 0.29) is 5.92 Å². The molecular weight excluding hydrogens is 152 g/mol. The van der Waals surface area contributed by atoms with E-state index in [0.717, 1.165) is 6.42 Å². The van der Waals surface area contributed by atoms with Gasteiger partial charge >= 0.3 is 0 Å². The molecule has 12 heavy (non-hydrogen) atoms. The average molecular weight is 172 g/mol. The minimum atomic E-state index is -0.421. The minimum Gasteiger partial charge on any atom is -0.393 e. The van der Waals surface area contributed by atoms with Crippen LogP contribution in [0.15, 0.2) is 12.2 Å². The summed E-state index contributed by atoms with van der Waals surface area (Å²) in [5.41, 5.74) is 0. The molecule has 72 valence electrons. The van der Waals surface area contributed by atoms with Gasteiger partial charge in [0, 0.05) is 5.92 Å². The van der Waals surface area contributed by atoms with E-state index in [0.29, 0.717) is 6.42 Å². The van der Waals surface area contributed by atoms with Gasteiger partial charge in [0.1, 0.15) is 0 Å². The first kappa shape index (κ1) is 11.7. The highest BCUT2D eigenvalue weighted by Crippen LogP contribution is 2.16. The monoisotopic (exact) mass is 172 g/mol. The van der Waals surface area contributed by atoms with Crippen molar-refractivity contribution in [3.8, 4) is 0 Å². The van der Waals surface area contributed by atoms with Crippen LogP contribution in [-0.2, 0) is 0 Å². The third-order valence-corrected chi connectivity index (χ3v) is 2.20. The molecule has 0 aromatic heterocycles. The second-order valence-electron chi connectivity index (χ2n) is 3.18. The number of aliphatic hydroxyl groups excluding tert-OH is 2. The number of aliphatic hydroxyl groups is 2. The Morgan fingerprint density at radius 3 is 2.25 bits per heavy atom. The van der Waals surface area contributed by atoms with Crippen LogP contribution in [0.1, 0.15) is 33.6 Å². The Morgan fingerprint density at radius 2 is 1.92 bits per heavy atom. The van der Waals surface area contributed by atoms with Crippen LogP contribution >= 0.6 is 0 Å². The summed E-state index contributed by atoms with van der Waals surface area (Å²) in [5, 5.41) is 18.9. The fraction of sp³-hybridized carbons (Fsp3) is 0.800. The van der Waals surface area contributed by atoms with Gasteiger partial charge in [-0.3, -0.25) is 0 Å². The Balaban J connectivity index is 3.93. The fourth-order valence-electron chi connectivity index (χ4n) is 1.38. The molecule has 0 aliphatic rings. The lowest BCUT2D eigenvalue weighted by Gasteiger charge is -2.22. The molecule has 2 N–H and O–H groups in total. The summed E-state index contributed by atoms with van der Waals surface area (Å²) in [6.07, 6.45) is 4.46. The van der Waals surface area contributed by atoms with E-state index in [4.69, 9.17) is 0 Å². The molecule has 0 aromatic carbocycles. The maximum atomic E-state index is 9.60. The molecule has 0 bridgehead atoms.